The number of carbonyl (C=O) groups is 2. The number of H-pyrrole nitrogens is 1. The van der Waals surface area contributed by atoms with Crippen LogP contribution in [-0.4, -0.2) is 63.9 Å². The number of hydrogen-bond acceptors (Lipinski definition) is 8. The monoisotopic (exact) mass is 544 g/mol. The summed E-state index contributed by atoms with van der Waals surface area (Å²) in [5.41, 5.74) is 3.89. The van der Waals surface area contributed by atoms with Crippen LogP contribution in [0.3, 0.4) is 0 Å². The molecule has 1 saturated heterocycles. The first-order valence-corrected chi connectivity index (χ1v) is 13.8. The number of amides is 1. The standard InChI is InChI=1S/C30H36N6O4/c1-18-10-11-20-13-22(28(39-4)14-24(20)32-18)26-15-31-29(33-26)23(34-30(38)21-16-36(3)17-21)8-6-5-7-9-27(37)25-12-19(2)40-35-25/h10-15,21,23H,5-9,16-17H2,1-4H3,(H,31,33)(H,34,38)/t23-/m0/s1. The van der Waals surface area contributed by atoms with Crippen molar-refractivity contribution in [3.63, 3.8) is 0 Å². The number of rotatable bonds is 12. The summed E-state index contributed by atoms with van der Waals surface area (Å²) < 4.78 is 10.7. The fourth-order valence-electron chi connectivity index (χ4n) is 5.15. The van der Waals surface area contributed by atoms with Crippen molar-refractivity contribution in [3.05, 3.63) is 59.5 Å². The molecule has 40 heavy (non-hydrogen) atoms. The quantitative estimate of drug-likeness (QED) is 0.193. The van der Waals surface area contributed by atoms with E-state index in [1.807, 2.05) is 38.2 Å². The molecule has 4 aromatic rings. The molecule has 1 aliphatic rings. The number of Topliss-reactive ketones (excluding diaryl/α,β-unsaturated/α-hetero) is 1. The number of imidazole rings is 1. The number of benzene rings is 1. The first kappa shape index (κ1) is 27.5. The number of unbranched alkanes of at least 4 members (excludes halogenated alkanes) is 2. The number of aromatic amines is 1. The lowest BCUT2D eigenvalue weighted by molar-refractivity contribution is -0.130. The molecule has 0 saturated carbocycles. The molecule has 2 N–H and O–H groups in total. The predicted molar refractivity (Wildman–Crippen MR) is 151 cm³/mol. The van der Waals surface area contributed by atoms with Crippen LogP contribution in [0, 0.1) is 19.8 Å². The van der Waals surface area contributed by atoms with Crippen LogP contribution < -0.4 is 10.1 Å². The van der Waals surface area contributed by atoms with Crippen molar-refractivity contribution < 1.29 is 18.8 Å². The minimum Gasteiger partial charge on any atom is -0.496 e. The van der Waals surface area contributed by atoms with E-state index in [0.29, 0.717) is 35.9 Å². The van der Waals surface area contributed by atoms with E-state index in [2.05, 4.69) is 30.3 Å². The zero-order valence-corrected chi connectivity index (χ0v) is 23.5. The van der Waals surface area contributed by atoms with Crippen LogP contribution >= 0.6 is 0 Å². The second-order valence-corrected chi connectivity index (χ2v) is 10.7. The number of methoxy groups -OCH3 is 1. The Morgan fingerprint density at radius 1 is 1.18 bits per heavy atom. The van der Waals surface area contributed by atoms with Gasteiger partial charge in [0.15, 0.2) is 5.78 Å². The van der Waals surface area contributed by atoms with Crippen LogP contribution in [0.4, 0.5) is 0 Å². The van der Waals surface area contributed by atoms with Crippen molar-refractivity contribution in [1.82, 2.24) is 30.3 Å². The molecule has 1 amide bonds. The number of ether oxygens (including phenoxy) is 1. The summed E-state index contributed by atoms with van der Waals surface area (Å²) in [7, 11) is 3.65. The van der Waals surface area contributed by atoms with Crippen LogP contribution in [0.2, 0.25) is 0 Å². The van der Waals surface area contributed by atoms with E-state index in [0.717, 1.165) is 60.2 Å². The number of pyridine rings is 1. The first-order valence-electron chi connectivity index (χ1n) is 13.8. The zero-order valence-electron chi connectivity index (χ0n) is 23.5. The molecule has 0 unspecified atom stereocenters. The maximum absolute atomic E-state index is 13.0. The van der Waals surface area contributed by atoms with Gasteiger partial charge in [0.25, 0.3) is 0 Å². The number of carbonyl (C=O) groups excluding carboxylic acids is 2. The van der Waals surface area contributed by atoms with Gasteiger partial charge in [0.1, 0.15) is 23.0 Å². The van der Waals surface area contributed by atoms with Gasteiger partial charge in [0, 0.05) is 48.3 Å². The second kappa shape index (κ2) is 12.0. The summed E-state index contributed by atoms with van der Waals surface area (Å²) in [6, 6.07) is 9.42. The minimum atomic E-state index is -0.267. The molecule has 3 aromatic heterocycles. The van der Waals surface area contributed by atoms with Crippen LogP contribution in [-0.2, 0) is 4.79 Å². The molecule has 1 atom stereocenters. The van der Waals surface area contributed by atoms with E-state index in [1.54, 1.807) is 26.3 Å². The minimum absolute atomic E-state index is 0.0120. The van der Waals surface area contributed by atoms with Crippen LogP contribution in [0.25, 0.3) is 22.2 Å². The SMILES string of the molecule is COc1cc2nc(C)ccc2cc1-c1cnc([C@H](CCCCCC(=O)c2cc(C)on2)NC(=O)C2CN(C)C2)[nH]1. The van der Waals surface area contributed by atoms with E-state index in [-0.39, 0.29) is 23.7 Å². The molecule has 0 aliphatic carbocycles. The Labute approximate surface area is 233 Å². The molecule has 1 aliphatic heterocycles. The van der Waals surface area contributed by atoms with Gasteiger partial charge < -0.3 is 24.5 Å². The summed E-state index contributed by atoms with van der Waals surface area (Å²) >= 11 is 0. The van der Waals surface area contributed by atoms with Crippen molar-refractivity contribution in [2.75, 3.05) is 27.2 Å². The summed E-state index contributed by atoms with van der Waals surface area (Å²) in [4.78, 5) is 40.2. The Kier molecular flexibility index (Phi) is 8.25. The Bertz CT molecular complexity index is 1500. The average molecular weight is 545 g/mol. The Morgan fingerprint density at radius 2 is 2.00 bits per heavy atom. The third-order valence-corrected chi connectivity index (χ3v) is 7.43. The van der Waals surface area contributed by atoms with E-state index in [4.69, 9.17) is 9.26 Å². The van der Waals surface area contributed by atoms with E-state index in [1.165, 1.54) is 0 Å². The highest BCUT2D eigenvalue weighted by atomic mass is 16.5. The first-order chi connectivity index (χ1) is 19.3. The lowest BCUT2D eigenvalue weighted by atomic mass is 9.98. The summed E-state index contributed by atoms with van der Waals surface area (Å²) in [5.74, 6) is 2.05. The fourth-order valence-corrected chi connectivity index (χ4v) is 5.15. The summed E-state index contributed by atoms with van der Waals surface area (Å²) in [6.45, 7) is 5.25. The van der Waals surface area contributed by atoms with E-state index in [9.17, 15) is 9.59 Å². The van der Waals surface area contributed by atoms with Crippen LogP contribution in [0.15, 0.2) is 41.1 Å². The van der Waals surface area contributed by atoms with Gasteiger partial charge in [-0.3, -0.25) is 14.6 Å². The number of hydrogen-bond donors (Lipinski definition) is 2. The fraction of sp³-hybridized carbons (Fsp3) is 0.433. The van der Waals surface area contributed by atoms with Gasteiger partial charge >= 0.3 is 0 Å². The molecule has 10 heteroatoms. The molecule has 0 bridgehead atoms. The highest BCUT2D eigenvalue weighted by molar-refractivity contribution is 5.94. The lowest BCUT2D eigenvalue weighted by Crippen LogP contribution is -2.52. The molecule has 4 heterocycles. The Balaban J connectivity index is 1.28. The molecule has 10 nitrogen and oxygen atoms in total. The largest absolute Gasteiger partial charge is 0.496 e. The van der Waals surface area contributed by atoms with Crippen LogP contribution in [0.1, 0.15) is 65.9 Å². The smallest absolute Gasteiger partial charge is 0.226 e. The van der Waals surface area contributed by atoms with Gasteiger partial charge in [-0.05, 0) is 45.9 Å². The lowest BCUT2D eigenvalue weighted by Gasteiger charge is -2.35. The third kappa shape index (κ3) is 6.22. The number of aromatic nitrogens is 4. The Hall–Kier alpha value is -4.05. The summed E-state index contributed by atoms with van der Waals surface area (Å²) in [6.07, 6.45) is 5.33. The molecule has 1 aromatic carbocycles. The van der Waals surface area contributed by atoms with Gasteiger partial charge in [0.2, 0.25) is 5.91 Å². The van der Waals surface area contributed by atoms with E-state index < -0.39 is 0 Å². The normalized spacial score (nSPS) is 14.7. The maximum Gasteiger partial charge on any atom is 0.226 e. The van der Waals surface area contributed by atoms with Crippen molar-refractivity contribution in [2.24, 2.45) is 5.92 Å². The number of likely N-dealkylation sites (tertiary alicyclic amines) is 1. The molecule has 5 rings (SSSR count). The van der Waals surface area contributed by atoms with Crippen molar-refractivity contribution >= 4 is 22.6 Å². The van der Waals surface area contributed by atoms with Gasteiger partial charge in [-0.15, -0.1) is 0 Å². The molecule has 210 valence electrons. The predicted octanol–water partition coefficient (Wildman–Crippen LogP) is 4.79. The number of nitrogens with zero attached hydrogens (tertiary/aromatic N) is 4. The van der Waals surface area contributed by atoms with E-state index >= 15 is 0 Å². The number of ketones is 1. The van der Waals surface area contributed by atoms with Gasteiger partial charge in [-0.25, -0.2) is 4.98 Å². The number of nitrogens with one attached hydrogen (secondary N) is 2. The van der Waals surface area contributed by atoms with Gasteiger partial charge in [0.05, 0.1) is 36.5 Å². The molecular weight excluding hydrogens is 508 g/mol. The maximum atomic E-state index is 13.0. The van der Waals surface area contributed by atoms with Gasteiger partial charge in [-0.1, -0.05) is 24.1 Å². The molecular formula is C30H36N6O4. The molecule has 1 fully saturated rings. The van der Waals surface area contributed by atoms with Crippen molar-refractivity contribution in [2.45, 2.75) is 52.0 Å². The van der Waals surface area contributed by atoms with Crippen LogP contribution in [0.5, 0.6) is 5.75 Å². The highest BCUT2D eigenvalue weighted by Crippen LogP contribution is 2.34. The van der Waals surface area contributed by atoms with Crippen molar-refractivity contribution in [1.29, 1.82) is 0 Å². The second-order valence-electron chi connectivity index (χ2n) is 10.7. The highest BCUT2D eigenvalue weighted by Gasteiger charge is 2.32. The average Bonchev–Trinajstić information content (AvgIpc) is 3.59. The third-order valence-electron chi connectivity index (χ3n) is 7.43. The van der Waals surface area contributed by atoms with Crippen molar-refractivity contribution in [3.8, 4) is 17.0 Å². The molecule has 0 radical (unpaired) electrons. The summed E-state index contributed by atoms with van der Waals surface area (Å²) in [5, 5.41) is 8.04. The number of aryl methyl sites for hydroxylation is 2. The Morgan fingerprint density at radius 3 is 2.73 bits per heavy atom. The van der Waals surface area contributed by atoms with Gasteiger partial charge in [-0.2, -0.15) is 0 Å². The molecule has 0 spiro atoms. The topological polar surface area (TPSA) is 126 Å². The zero-order chi connectivity index (χ0) is 28.2. The number of fused-ring (bicyclic) bond motifs is 1.